The molecule has 5 nitrogen and oxygen atoms in total. The van der Waals surface area contributed by atoms with Gasteiger partial charge in [0.05, 0.1) is 11.3 Å². The molecule has 0 saturated heterocycles. The molecule has 2 aromatic carbocycles. The first kappa shape index (κ1) is 16.3. The third-order valence-corrected chi connectivity index (χ3v) is 4.58. The van der Waals surface area contributed by atoms with Crippen LogP contribution in [0.4, 0.5) is 5.69 Å². The molecule has 6 heteroatoms. The Morgan fingerprint density at radius 2 is 1.88 bits per heavy atom. The number of hydrogen-bond acceptors (Lipinski definition) is 5. The molecule has 122 valence electrons. The van der Waals surface area contributed by atoms with Gasteiger partial charge in [0, 0.05) is 22.6 Å². The Labute approximate surface area is 143 Å². The molecule has 1 aliphatic rings. The van der Waals surface area contributed by atoms with Gasteiger partial charge in [-0.15, -0.1) is 11.8 Å². The predicted molar refractivity (Wildman–Crippen MR) is 91.5 cm³/mol. The number of benzene rings is 2. The van der Waals surface area contributed by atoms with E-state index in [4.69, 9.17) is 4.74 Å². The number of ketones is 1. The van der Waals surface area contributed by atoms with Gasteiger partial charge in [-0.25, -0.2) is 4.79 Å². The Morgan fingerprint density at radius 3 is 2.67 bits per heavy atom. The molecule has 2 aromatic rings. The molecule has 0 bridgehead atoms. The van der Waals surface area contributed by atoms with Crippen LogP contribution in [0.2, 0.25) is 0 Å². The monoisotopic (exact) mass is 341 g/mol. The van der Waals surface area contributed by atoms with Crippen molar-refractivity contribution in [1.82, 2.24) is 0 Å². The summed E-state index contributed by atoms with van der Waals surface area (Å²) < 4.78 is 5.09. The number of amides is 1. The lowest BCUT2D eigenvalue weighted by atomic mass is 10.1. The largest absolute Gasteiger partial charge is 0.454 e. The van der Waals surface area contributed by atoms with Crippen molar-refractivity contribution >= 4 is 35.1 Å². The first-order valence-corrected chi connectivity index (χ1v) is 8.44. The highest BCUT2D eigenvalue weighted by atomic mass is 32.2. The molecular formula is C18H15NO4S. The zero-order valence-electron chi connectivity index (χ0n) is 12.8. The number of ether oxygens (including phenoxy) is 1. The summed E-state index contributed by atoms with van der Waals surface area (Å²) in [5.74, 6) is -0.229. The van der Waals surface area contributed by atoms with Crippen LogP contribution in [0.1, 0.15) is 27.1 Å². The number of esters is 1. The van der Waals surface area contributed by atoms with Gasteiger partial charge in [0.15, 0.2) is 12.4 Å². The third kappa shape index (κ3) is 3.83. The average Bonchev–Trinajstić information content (AvgIpc) is 2.79. The van der Waals surface area contributed by atoms with E-state index in [1.54, 1.807) is 54.2 Å². The second-order valence-corrected chi connectivity index (χ2v) is 6.36. The molecule has 0 aromatic heterocycles. The van der Waals surface area contributed by atoms with Gasteiger partial charge in [-0.1, -0.05) is 30.3 Å². The van der Waals surface area contributed by atoms with Crippen molar-refractivity contribution in [3.05, 3.63) is 59.7 Å². The van der Waals surface area contributed by atoms with Crippen LogP contribution < -0.4 is 5.32 Å². The summed E-state index contributed by atoms with van der Waals surface area (Å²) in [5, 5.41) is 2.77. The smallest absolute Gasteiger partial charge is 0.338 e. The van der Waals surface area contributed by atoms with E-state index in [1.807, 2.05) is 6.07 Å². The van der Waals surface area contributed by atoms with Gasteiger partial charge < -0.3 is 10.1 Å². The molecule has 3 rings (SSSR count). The molecule has 1 heterocycles. The van der Waals surface area contributed by atoms with E-state index in [-0.39, 0.29) is 18.3 Å². The van der Waals surface area contributed by atoms with Gasteiger partial charge in [-0.3, -0.25) is 9.59 Å². The van der Waals surface area contributed by atoms with Crippen LogP contribution in [0.25, 0.3) is 0 Å². The lowest BCUT2D eigenvalue weighted by Gasteiger charge is -2.09. The number of carbonyl (C=O) groups excluding carboxylic acids is 3. The minimum absolute atomic E-state index is 0.0778. The molecule has 0 atom stereocenters. The first-order valence-electron chi connectivity index (χ1n) is 7.45. The summed E-state index contributed by atoms with van der Waals surface area (Å²) in [6.45, 7) is -0.318. The van der Waals surface area contributed by atoms with Crippen LogP contribution >= 0.6 is 11.8 Å². The minimum Gasteiger partial charge on any atom is -0.454 e. The van der Waals surface area contributed by atoms with Crippen molar-refractivity contribution in [1.29, 1.82) is 0 Å². The molecule has 0 aliphatic carbocycles. The lowest BCUT2D eigenvalue weighted by Crippen LogP contribution is -2.15. The fraction of sp³-hybridized carbons (Fsp3) is 0.167. The van der Waals surface area contributed by atoms with Crippen molar-refractivity contribution in [2.45, 2.75) is 11.3 Å². The van der Waals surface area contributed by atoms with Crippen LogP contribution in [0.3, 0.4) is 0 Å². The molecule has 0 unspecified atom stereocenters. The first-order chi connectivity index (χ1) is 11.6. The van der Waals surface area contributed by atoms with E-state index in [2.05, 4.69) is 5.32 Å². The topological polar surface area (TPSA) is 72.5 Å². The van der Waals surface area contributed by atoms with Crippen LogP contribution in [0.5, 0.6) is 0 Å². The number of anilines is 1. The Morgan fingerprint density at radius 1 is 1.08 bits per heavy atom. The number of Topliss-reactive ketones (excluding diaryl/α,β-unsaturated/α-hetero) is 1. The van der Waals surface area contributed by atoms with Gasteiger partial charge in [0.1, 0.15) is 0 Å². The van der Waals surface area contributed by atoms with Crippen molar-refractivity contribution in [3.8, 4) is 0 Å². The fourth-order valence-electron chi connectivity index (χ4n) is 2.27. The van der Waals surface area contributed by atoms with Gasteiger partial charge in [-0.05, 0) is 18.2 Å². The van der Waals surface area contributed by atoms with Crippen molar-refractivity contribution < 1.29 is 19.1 Å². The number of hydrogen-bond donors (Lipinski definition) is 1. The third-order valence-electron chi connectivity index (χ3n) is 3.51. The molecule has 24 heavy (non-hydrogen) atoms. The molecule has 0 fully saturated rings. The summed E-state index contributed by atoms with van der Waals surface area (Å²) >= 11 is 1.56. The van der Waals surface area contributed by atoms with E-state index in [1.165, 1.54) is 0 Å². The summed E-state index contributed by atoms with van der Waals surface area (Å²) in [4.78, 5) is 36.6. The minimum atomic E-state index is -0.592. The Kier molecular flexibility index (Phi) is 4.96. The molecule has 1 amide bonds. The predicted octanol–water partition coefficient (Wildman–Crippen LogP) is 3.16. The molecule has 1 aliphatic heterocycles. The number of thioether (sulfide) groups is 1. The summed E-state index contributed by atoms with van der Waals surface area (Å²) in [7, 11) is 0. The highest BCUT2D eigenvalue weighted by Crippen LogP contribution is 2.31. The Hall–Kier alpha value is -2.60. The molecule has 0 saturated carbocycles. The maximum atomic E-state index is 12.1. The molecular weight excluding hydrogens is 326 g/mol. The second kappa shape index (κ2) is 7.31. The van der Waals surface area contributed by atoms with E-state index in [0.29, 0.717) is 29.0 Å². The van der Waals surface area contributed by atoms with E-state index < -0.39 is 5.97 Å². The van der Waals surface area contributed by atoms with Crippen LogP contribution in [-0.2, 0) is 9.53 Å². The number of nitrogens with one attached hydrogen (secondary N) is 1. The zero-order chi connectivity index (χ0) is 16.9. The zero-order valence-corrected chi connectivity index (χ0v) is 13.6. The quantitative estimate of drug-likeness (QED) is 0.683. The standard InChI is InChI=1S/C18H15NO4S/c20-15(12-4-2-1-3-5-12)11-23-18(22)13-6-7-16-14(10-13)19-17(21)8-9-24-16/h1-7,10H,8-9,11H2,(H,19,21). The van der Waals surface area contributed by atoms with Crippen LogP contribution in [-0.4, -0.2) is 30.0 Å². The van der Waals surface area contributed by atoms with Gasteiger partial charge >= 0.3 is 5.97 Å². The average molecular weight is 341 g/mol. The Bertz CT molecular complexity index is 789. The second-order valence-electron chi connectivity index (χ2n) is 5.22. The van der Waals surface area contributed by atoms with Crippen LogP contribution in [0.15, 0.2) is 53.4 Å². The summed E-state index contributed by atoms with van der Waals surface area (Å²) in [5.41, 5.74) is 1.40. The van der Waals surface area contributed by atoms with Gasteiger partial charge in [0.25, 0.3) is 0 Å². The van der Waals surface area contributed by atoms with Crippen molar-refractivity contribution in [2.75, 3.05) is 17.7 Å². The van der Waals surface area contributed by atoms with E-state index >= 15 is 0 Å². The highest BCUT2D eigenvalue weighted by molar-refractivity contribution is 7.99. The van der Waals surface area contributed by atoms with Crippen molar-refractivity contribution in [2.24, 2.45) is 0 Å². The number of rotatable bonds is 4. The Balaban J connectivity index is 1.67. The van der Waals surface area contributed by atoms with E-state index in [0.717, 1.165) is 4.90 Å². The summed E-state index contributed by atoms with van der Waals surface area (Å²) in [6.07, 6.45) is 0.435. The van der Waals surface area contributed by atoms with Crippen LogP contribution in [0, 0.1) is 0 Å². The molecule has 0 spiro atoms. The summed E-state index contributed by atoms with van der Waals surface area (Å²) in [6, 6.07) is 13.7. The SMILES string of the molecule is O=C1CCSc2ccc(C(=O)OCC(=O)c3ccccc3)cc2N1. The van der Waals surface area contributed by atoms with E-state index in [9.17, 15) is 14.4 Å². The maximum Gasteiger partial charge on any atom is 0.338 e. The molecule has 1 N–H and O–H groups in total. The van der Waals surface area contributed by atoms with Gasteiger partial charge in [-0.2, -0.15) is 0 Å². The number of fused-ring (bicyclic) bond motifs is 1. The fourth-order valence-corrected chi connectivity index (χ4v) is 3.21. The van der Waals surface area contributed by atoms with Gasteiger partial charge in [0.2, 0.25) is 5.91 Å². The number of carbonyl (C=O) groups is 3. The normalized spacial score (nSPS) is 13.4. The molecule has 0 radical (unpaired) electrons. The maximum absolute atomic E-state index is 12.1. The van der Waals surface area contributed by atoms with Crippen molar-refractivity contribution in [3.63, 3.8) is 0 Å². The lowest BCUT2D eigenvalue weighted by molar-refractivity contribution is -0.115. The highest BCUT2D eigenvalue weighted by Gasteiger charge is 2.17.